The summed E-state index contributed by atoms with van der Waals surface area (Å²) in [5.41, 5.74) is 8.25. The van der Waals surface area contributed by atoms with Gasteiger partial charge in [0.25, 0.3) is 0 Å². The van der Waals surface area contributed by atoms with Gasteiger partial charge >= 0.3 is 17.9 Å². The number of carbonyl (C=O) groups excluding carboxylic acids is 1. The third kappa shape index (κ3) is 21.2. The lowest BCUT2D eigenvalue weighted by Crippen LogP contribution is -2.46. The summed E-state index contributed by atoms with van der Waals surface area (Å²) in [5.74, 6) is 3.28. The molecule has 0 heterocycles. The lowest BCUT2D eigenvalue weighted by molar-refractivity contribution is -0.139. The Bertz CT molecular complexity index is 1140. The maximum Gasteiger partial charge on any atom is 0.317 e. The number of nitrogens with one attached hydrogen (secondary N) is 3. The lowest BCUT2D eigenvalue weighted by Gasteiger charge is -2.29. The number of hydrazine groups is 1. The number of rotatable bonds is 25. The first kappa shape index (κ1) is 44.2. The molecule has 0 aliphatic carbocycles. The molecule has 1 aromatic carbocycles. The van der Waals surface area contributed by atoms with Crippen LogP contribution >= 0.6 is 0 Å². The molecule has 0 bridgehead atoms. The Balaban J connectivity index is 0.0000108. The van der Waals surface area contributed by atoms with Gasteiger partial charge in [0.05, 0.1) is 19.6 Å². The highest BCUT2D eigenvalue weighted by atomic mass is 16.4. The minimum atomic E-state index is -0.955. The lowest BCUT2D eigenvalue weighted by atomic mass is 10.0. The van der Waals surface area contributed by atoms with Crippen LogP contribution in [0.4, 0.5) is 0 Å². The van der Waals surface area contributed by atoms with Crippen molar-refractivity contribution < 1.29 is 34.5 Å². The van der Waals surface area contributed by atoms with E-state index >= 15 is 0 Å². The summed E-state index contributed by atoms with van der Waals surface area (Å²) in [6, 6.07) is 5.75. The number of hydrazone groups is 1. The molecule has 0 radical (unpaired) electrons. The first-order valence-electron chi connectivity index (χ1n) is 16.8. The van der Waals surface area contributed by atoms with Crippen LogP contribution in [0.5, 0.6) is 0 Å². The van der Waals surface area contributed by atoms with Crippen LogP contribution in [0.15, 0.2) is 23.3 Å². The number of aryl methyl sites for hydroxylation is 1. The molecule has 0 saturated heterocycles. The van der Waals surface area contributed by atoms with E-state index in [-0.39, 0.29) is 44.4 Å². The topological polar surface area (TPSA) is 213 Å². The number of aliphatic carboxylic acids is 3. The van der Waals surface area contributed by atoms with Crippen molar-refractivity contribution in [2.24, 2.45) is 16.9 Å². The van der Waals surface area contributed by atoms with Gasteiger partial charge in [0.2, 0.25) is 5.91 Å². The molecule has 0 saturated carbocycles. The zero-order valence-corrected chi connectivity index (χ0v) is 29.8. The number of carboxylic acids is 3. The van der Waals surface area contributed by atoms with Gasteiger partial charge < -0.3 is 31.9 Å². The Kier molecular flexibility index (Phi) is 24.1. The number of nitrogens with two attached hydrogens (primary N) is 1. The molecule has 0 aromatic heterocycles. The average molecular weight is 681 g/mol. The van der Waals surface area contributed by atoms with Crippen molar-refractivity contribution in [1.29, 1.82) is 0 Å². The number of carboxylic acid groups (broad SMARTS) is 3. The fourth-order valence-electron chi connectivity index (χ4n) is 5.08. The van der Waals surface area contributed by atoms with Crippen molar-refractivity contribution in [3.05, 3.63) is 34.9 Å². The van der Waals surface area contributed by atoms with Crippen LogP contribution in [0.25, 0.3) is 0 Å². The summed E-state index contributed by atoms with van der Waals surface area (Å²) in [7, 11) is 1.70. The standard InChI is InChI=1S/C31H54N8O7.C2H6/c1-5-10-37(21-29(43)44)12-14-39(15-13-38(22-30(45)46)11-9-23(2)7-6-8-28(41)42)20-27(40)34-19-25-16-24(3)17-26(18-25)31(35-32)36-33-4;1-2/h16-18,23,33H,5-15,19-22,32H2,1-4H3,(H,34,40)(H,35,36)(H,41,42)(H,43,44)(H,45,46);1-2H3/t23-;/m1./s1. The highest BCUT2D eigenvalue weighted by Gasteiger charge is 2.18. The molecule has 0 aliphatic rings. The second-order valence-electron chi connectivity index (χ2n) is 11.6. The van der Waals surface area contributed by atoms with Crippen molar-refractivity contribution in [1.82, 2.24) is 30.9 Å². The predicted molar refractivity (Wildman–Crippen MR) is 187 cm³/mol. The quantitative estimate of drug-likeness (QED) is 0.0340. The molecule has 274 valence electrons. The molecule has 1 atom stereocenters. The largest absolute Gasteiger partial charge is 0.481 e. The van der Waals surface area contributed by atoms with Crippen molar-refractivity contribution in [2.75, 3.05) is 66.0 Å². The molecule has 0 unspecified atom stereocenters. The molecular weight excluding hydrogens is 620 g/mol. The smallest absolute Gasteiger partial charge is 0.317 e. The zero-order valence-electron chi connectivity index (χ0n) is 29.8. The third-order valence-corrected chi connectivity index (χ3v) is 7.39. The summed E-state index contributed by atoms with van der Waals surface area (Å²) < 4.78 is 0. The van der Waals surface area contributed by atoms with E-state index < -0.39 is 17.9 Å². The normalized spacial score (nSPS) is 12.1. The van der Waals surface area contributed by atoms with Gasteiger partial charge in [0, 0.05) is 51.8 Å². The van der Waals surface area contributed by atoms with Crippen LogP contribution in [0.2, 0.25) is 0 Å². The average Bonchev–Trinajstić information content (AvgIpc) is 3.02. The third-order valence-electron chi connectivity index (χ3n) is 7.39. The molecule has 1 amide bonds. The Labute approximate surface area is 285 Å². The van der Waals surface area contributed by atoms with Crippen molar-refractivity contribution in [2.45, 2.75) is 73.3 Å². The molecule has 15 nitrogen and oxygen atoms in total. The van der Waals surface area contributed by atoms with Gasteiger partial charge in [-0.2, -0.15) is 5.10 Å². The van der Waals surface area contributed by atoms with E-state index in [1.807, 2.05) is 67.5 Å². The molecule has 0 spiro atoms. The Hall–Kier alpha value is -3.79. The van der Waals surface area contributed by atoms with Crippen LogP contribution in [-0.4, -0.2) is 126 Å². The maximum atomic E-state index is 13.1. The van der Waals surface area contributed by atoms with Gasteiger partial charge in [0.1, 0.15) is 0 Å². The van der Waals surface area contributed by atoms with Gasteiger partial charge in [-0.05, 0) is 62.9 Å². The van der Waals surface area contributed by atoms with E-state index in [0.717, 1.165) is 36.0 Å². The molecule has 1 rings (SSSR count). The highest BCUT2D eigenvalue weighted by Crippen LogP contribution is 2.13. The number of carbonyl (C=O) groups is 4. The summed E-state index contributed by atoms with van der Waals surface area (Å²) in [6.45, 7) is 12.8. The van der Waals surface area contributed by atoms with Gasteiger partial charge in [-0.15, -0.1) is 0 Å². The fourth-order valence-corrected chi connectivity index (χ4v) is 5.08. The zero-order chi connectivity index (χ0) is 36.5. The number of amides is 1. The second kappa shape index (κ2) is 26.2. The SMILES string of the molecule is CC.CCCN(CCN(CCN(CC[C@H](C)CCCC(=O)O)CC(=O)O)CC(=O)NCc1cc(C)cc(/C(=N/N)NNC)c1)CC(=O)O. The molecular formula is C33H60N8O7. The fraction of sp³-hybridized carbons (Fsp3) is 0.667. The van der Waals surface area contributed by atoms with Gasteiger partial charge in [-0.25, -0.2) is 5.43 Å². The van der Waals surface area contributed by atoms with E-state index in [1.54, 1.807) is 7.05 Å². The van der Waals surface area contributed by atoms with Gasteiger partial charge in [-0.3, -0.25) is 33.9 Å². The van der Waals surface area contributed by atoms with Crippen molar-refractivity contribution >= 4 is 29.7 Å². The molecule has 0 aliphatic heterocycles. The summed E-state index contributed by atoms with van der Waals surface area (Å²) in [6.07, 6.45) is 2.92. The summed E-state index contributed by atoms with van der Waals surface area (Å²) in [4.78, 5) is 52.5. The maximum absolute atomic E-state index is 13.1. The summed E-state index contributed by atoms with van der Waals surface area (Å²) >= 11 is 0. The minimum absolute atomic E-state index is 0.0506. The number of amidine groups is 1. The van der Waals surface area contributed by atoms with E-state index in [2.05, 4.69) is 21.3 Å². The number of benzene rings is 1. The van der Waals surface area contributed by atoms with Crippen molar-refractivity contribution in [3.63, 3.8) is 0 Å². The van der Waals surface area contributed by atoms with E-state index in [4.69, 9.17) is 10.9 Å². The van der Waals surface area contributed by atoms with Crippen molar-refractivity contribution in [3.8, 4) is 0 Å². The Morgan fingerprint density at radius 3 is 1.90 bits per heavy atom. The molecule has 1 aromatic rings. The first-order valence-corrected chi connectivity index (χ1v) is 16.8. The van der Waals surface area contributed by atoms with E-state index in [0.29, 0.717) is 51.5 Å². The number of nitrogens with zero attached hydrogens (tertiary/aromatic N) is 4. The molecule has 15 heteroatoms. The van der Waals surface area contributed by atoms with Crippen LogP contribution in [-0.2, 0) is 25.7 Å². The summed E-state index contributed by atoms with van der Waals surface area (Å²) in [5, 5.41) is 34.5. The number of hydrogen-bond donors (Lipinski definition) is 7. The molecule has 0 fully saturated rings. The minimum Gasteiger partial charge on any atom is -0.481 e. The second-order valence-corrected chi connectivity index (χ2v) is 11.6. The van der Waals surface area contributed by atoms with Gasteiger partial charge in [0.15, 0.2) is 5.84 Å². The van der Waals surface area contributed by atoms with Crippen LogP contribution in [0.1, 0.15) is 76.5 Å². The van der Waals surface area contributed by atoms with E-state index in [9.17, 15) is 29.4 Å². The van der Waals surface area contributed by atoms with Gasteiger partial charge in [-0.1, -0.05) is 45.7 Å². The monoisotopic (exact) mass is 680 g/mol. The number of hydrogen-bond acceptors (Lipinski definition) is 10. The molecule has 48 heavy (non-hydrogen) atoms. The highest BCUT2D eigenvalue weighted by molar-refractivity contribution is 5.98. The Morgan fingerprint density at radius 2 is 1.40 bits per heavy atom. The first-order chi connectivity index (χ1) is 22.9. The predicted octanol–water partition coefficient (Wildman–Crippen LogP) is 1.75. The Morgan fingerprint density at radius 1 is 0.833 bits per heavy atom. The van der Waals surface area contributed by atoms with Crippen LogP contribution in [0.3, 0.4) is 0 Å². The molecule has 8 N–H and O–H groups in total. The van der Waals surface area contributed by atoms with Crippen LogP contribution in [0, 0.1) is 12.8 Å². The van der Waals surface area contributed by atoms with E-state index in [1.165, 1.54) is 0 Å². The van der Waals surface area contributed by atoms with Crippen LogP contribution < -0.4 is 22.0 Å².